The van der Waals surface area contributed by atoms with Crippen LogP contribution in [0.5, 0.6) is 5.75 Å². The first-order valence-electron chi connectivity index (χ1n) is 11.8. The molecule has 3 N–H and O–H groups in total. The normalized spacial score (nSPS) is 15.6. The van der Waals surface area contributed by atoms with Crippen LogP contribution in [0.4, 0.5) is 13.2 Å². The third-order valence-corrected chi connectivity index (χ3v) is 6.67. The Hall–Kier alpha value is -4.03. The lowest BCUT2D eigenvalue weighted by Crippen LogP contribution is -2.45. The number of piperidine rings is 1. The summed E-state index contributed by atoms with van der Waals surface area (Å²) in [6.45, 7) is 0.395. The maximum atomic E-state index is 13.4. The van der Waals surface area contributed by atoms with E-state index in [1.165, 1.54) is 19.2 Å². The molecule has 1 amide bonds. The van der Waals surface area contributed by atoms with E-state index < -0.39 is 23.4 Å². The molecular weight excluding hydrogens is 503 g/mol. The van der Waals surface area contributed by atoms with Crippen molar-refractivity contribution in [2.45, 2.75) is 31.2 Å². The van der Waals surface area contributed by atoms with Gasteiger partial charge in [0.25, 0.3) is 5.91 Å². The summed E-state index contributed by atoms with van der Waals surface area (Å²) in [6.07, 6.45) is -2.46. The fraction of sp³-hybridized carbons (Fsp3) is 0.308. The number of rotatable bonds is 5. The van der Waals surface area contributed by atoms with Crippen LogP contribution < -0.4 is 10.5 Å². The number of aliphatic hydroxyl groups is 1. The third kappa shape index (κ3) is 4.56. The average Bonchev–Trinajstić information content (AvgIpc) is 3.36. The summed E-state index contributed by atoms with van der Waals surface area (Å²) >= 11 is 0. The van der Waals surface area contributed by atoms with Gasteiger partial charge in [0.2, 0.25) is 5.89 Å². The number of likely N-dealkylation sites (tertiary alicyclic amines) is 1. The van der Waals surface area contributed by atoms with Crippen LogP contribution in [0.1, 0.15) is 40.5 Å². The fourth-order valence-corrected chi connectivity index (χ4v) is 4.60. The van der Waals surface area contributed by atoms with Crippen molar-refractivity contribution in [1.82, 2.24) is 19.9 Å². The molecule has 1 aliphatic heterocycles. The number of nitrogens with two attached hydrogens (primary N) is 1. The number of carbonyl (C=O) groups is 1. The number of alkyl halides is 3. The quantitative estimate of drug-likeness (QED) is 0.400. The van der Waals surface area contributed by atoms with Gasteiger partial charge in [0.05, 0.1) is 19.3 Å². The molecular formula is C26H24F3N5O4. The zero-order valence-corrected chi connectivity index (χ0v) is 20.3. The summed E-state index contributed by atoms with van der Waals surface area (Å²) in [4.78, 5) is 27.3. The topological polar surface area (TPSA) is 128 Å². The van der Waals surface area contributed by atoms with E-state index in [4.69, 9.17) is 14.9 Å². The Morgan fingerprint density at radius 2 is 1.92 bits per heavy atom. The number of nitrogens with zero attached hydrogens (tertiary/aromatic N) is 4. The highest BCUT2D eigenvalue weighted by molar-refractivity contribution is 5.98. The highest BCUT2D eigenvalue weighted by Gasteiger charge is 2.38. The molecule has 0 radical (unpaired) electrons. The van der Waals surface area contributed by atoms with E-state index in [1.807, 2.05) is 0 Å². The van der Waals surface area contributed by atoms with Crippen LogP contribution in [0.25, 0.3) is 22.4 Å². The van der Waals surface area contributed by atoms with Gasteiger partial charge < -0.3 is 24.9 Å². The lowest BCUT2D eigenvalue weighted by atomic mass is 9.87. The van der Waals surface area contributed by atoms with E-state index in [9.17, 15) is 23.1 Å². The fourth-order valence-electron chi connectivity index (χ4n) is 4.60. The second kappa shape index (κ2) is 9.69. The molecule has 0 bridgehead atoms. The predicted molar refractivity (Wildman–Crippen MR) is 130 cm³/mol. The Labute approximate surface area is 215 Å². The molecule has 1 fully saturated rings. The van der Waals surface area contributed by atoms with Crippen molar-refractivity contribution in [2.24, 2.45) is 5.73 Å². The second-order valence-corrected chi connectivity index (χ2v) is 8.94. The predicted octanol–water partition coefficient (Wildman–Crippen LogP) is 3.89. The molecule has 4 aromatic rings. The molecule has 0 atom stereocenters. The van der Waals surface area contributed by atoms with E-state index in [2.05, 4.69) is 15.0 Å². The highest BCUT2D eigenvalue weighted by atomic mass is 19.4. The Kier molecular flexibility index (Phi) is 6.53. The lowest BCUT2D eigenvalue weighted by molar-refractivity contribution is -0.140. The number of hydrogen-bond acceptors (Lipinski definition) is 8. The molecule has 198 valence electrons. The third-order valence-electron chi connectivity index (χ3n) is 6.67. The molecule has 0 saturated carbocycles. The number of aromatic nitrogens is 3. The van der Waals surface area contributed by atoms with E-state index >= 15 is 0 Å². The summed E-state index contributed by atoms with van der Waals surface area (Å²) in [6, 6.07) is 10.5. The van der Waals surface area contributed by atoms with Gasteiger partial charge in [-0.05, 0) is 49.2 Å². The van der Waals surface area contributed by atoms with Crippen LogP contribution in [0.15, 0.2) is 53.1 Å². The number of ether oxygens (including phenoxy) is 1. The Morgan fingerprint density at radius 1 is 1.16 bits per heavy atom. The van der Waals surface area contributed by atoms with Gasteiger partial charge in [0.1, 0.15) is 22.6 Å². The van der Waals surface area contributed by atoms with Crippen LogP contribution in [-0.2, 0) is 18.3 Å². The summed E-state index contributed by atoms with van der Waals surface area (Å²) in [5, 5.41) is 11.3. The van der Waals surface area contributed by atoms with Crippen LogP contribution >= 0.6 is 0 Å². The van der Waals surface area contributed by atoms with Crippen LogP contribution in [0, 0.1) is 0 Å². The summed E-state index contributed by atoms with van der Waals surface area (Å²) in [7, 11) is 1.33. The Balaban J connectivity index is 1.46. The van der Waals surface area contributed by atoms with Crippen molar-refractivity contribution in [3.63, 3.8) is 0 Å². The van der Waals surface area contributed by atoms with Gasteiger partial charge in [-0.1, -0.05) is 6.07 Å². The number of benzene rings is 1. The second-order valence-electron chi connectivity index (χ2n) is 8.94. The molecule has 0 unspecified atom stereocenters. The molecule has 12 heteroatoms. The Morgan fingerprint density at radius 3 is 2.55 bits per heavy atom. The van der Waals surface area contributed by atoms with Gasteiger partial charge in [0.15, 0.2) is 11.5 Å². The minimum Gasteiger partial charge on any atom is -0.494 e. The smallest absolute Gasteiger partial charge is 0.433 e. The zero-order chi connectivity index (χ0) is 27.1. The SMILES string of the molecule is COc1ccc(-c2nc(C(=O)N3CCC(O)(c4ccccn4)CC3)c(CN)o2)c2ccc(C(F)(F)F)nc12. The van der Waals surface area contributed by atoms with Crippen LogP contribution in [0.2, 0.25) is 0 Å². The van der Waals surface area contributed by atoms with Gasteiger partial charge in [-0.3, -0.25) is 9.78 Å². The van der Waals surface area contributed by atoms with Crippen LogP contribution in [-0.4, -0.2) is 51.1 Å². The molecule has 4 heterocycles. The number of hydrogen-bond donors (Lipinski definition) is 2. The average molecular weight is 528 g/mol. The number of amides is 1. The number of pyridine rings is 2. The molecule has 9 nitrogen and oxygen atoms in total. The zero-order valence-electron chi connectivity index (χ0n) is 20.3. The maximum Gasteiger partial charge on any atom is 0.433 e. The first-order chi connectivity index (χ1) is 18.1. The van der Waals surface area contributed by atoms with Crippen molar-refractivity contribution in [1.29, 1.82) is 0 Å². The van der Waals surface area contributed by atoms with Gasteiger partial charge in [0, 0.05) is 30.2 Å². The van der Waals surface area contributed by atoms with Gasteiger partial charge >= 0.3 is 6.18 Å². The van der Waals surface area contributed by atoms with Crippen molar-refractivity contribution in [2.75, 3.05) is 20.2 Å². The molecule has 0 spiro atoms. The van der Waals surface area contributed by atoms with Crippen molar-refractivity contribution < 1.29 is 32.2 Å². The van der Waals surface area contributed by atoms with Gasteiger partial charge in [-0.2, -0.15) is 13.2 Å². The summed E-state index contributed by atoms with van der Waals surface area (Å²) in [5.41, 5.74) is 4.50. The monoisotopic (exact) mass is 527 g/mol. The maximum absolute atomic E-state index is 13.4. The standard InChI is InChI=1S/C26H24F3N5O4/c1-37-17-7-5-16(15-6-8-20(26(27,28)29)32-21(15)17)23-33-22(18(14-30)38-23)24(35)34-12-9-25(36,10-13-34)19-4-2-3-11-31-19/h2-8,11,36H,9-10,12-14,30H2,1H3. The molecule has 1 aromatic carbocycles. The summed E-state index contributed by atoms with van der Waals surface area (Å²) in [5.74, 6) is -0.117. The molecule has 1 saturated heterocycles. The number of fused-ring (bicyclic) bond motifs is 1. The van der Waals surface area contributed by atoms with E-state index in [1.54, 1.807) is 35.4 Å². The van der Waals surface area contributed by atoms with Crippen molar-refractivity contribution >= 4 is 16.8 Å². The van der Waals surface area contributed by atoms with Crippen molar-refractivity contribution in [3.05, 3.63) is 71.5 Å². The van der Waals surface area contributed by atoms with Crippen molar-refractivity contribution in [3.8, 4) is 17.2 Å². The minimum absolute atomic E-state index is 0.00890. The molecule has 3 aromatic heterocycles. The first kappa shape index (κ1) is 25.6. The summed E-state index contributed by atoms with van der Waals surface area (Å²) < 4.78 is 50.9. The highest BCUT2D eigenvalue weighted by Crippen LogP contribution is 2.37. The molecule has 1 aliphatic rings. The molecule has 5 rings (SSSR count). The van der Waals surface area contributed by atoms with Gasteiger partial charge in [-0.25, -0.2) is 9.97 Å². The van der Waals surface area contributed by atoms with E-state index in [0.29, 0.717) is 16.6 Å². The Bertz CT molecular complexity index is 1480. The number of halogens is 3. The van der Waals surface area contributed by atoms with E-state index in [-0.39, 0.29) is 61.1 Å². The molecule has 0 aliphatic carbocycles. The van der Waals surface area contributed by atoms with E-state index in [0.717, 1.165) is 6.07 Å². The largest absolute Gasteiger partial charge is 0.494 e. The number of methoxy groups -OCH3 is 1. The minimum atomic E-state index is -4.64. The number of carbonyl (C=O) groups excluding carboxylic acids is 1. The lowest BCUT2D eigenvalue weighted by Gasteiger charge is -2.37. The number of oxazole rings is 1. The van der Waals surface area contributed by atoms with Gasteiger partial charge in [-0.15, -0.1) is 0 Å². The molecule has 38 heavy (non-hydrogen) atoms. The van der Waals surface area contributed by atoms with Crippen LogP contribution in [0.3, 0.4) is 0 Å². The first-order valence-corrected chi connectivity index (χ1v) is 11.8.